The smallest absolute Gasteiger partial charge is 0.187 e. The molecule has 0 saturated heterocycles. The van der Waals surface area contributed by atoms with Gasteiger partial charge in [-0.2, -0.15) is 0 Å². The third-order valence-corrected chi connectivity index (χ3v) is 4.18. The SMILES string of the molecule is CC1=CS/C(=C\C(=O)c2ccccc2)S1. The van der Waals surface area contributed by atoms with E-state index in [1.54, 1.807) is 29.6 Å². The van der Waals surface area contributed by atoms with Gasteiger partial charge in [0.15, 0.2) is 5.78 Å². The first kappa shape index (κ1) is 10.6. The van der Waals surface area contributed by atoms with E-state index >= 15 is 0 Å². The van der Waals surface area contributed by atoms with Crippen molar-refractivity contribution < 1.29 is 4.79 Å². The van der Waals surface area contributed by atoms with Crippen molar-refractivity contribution in [1.82, 2.24) is 0 Å². The molecule has 0 aliphatic carbocycles. The molecule has 1 nitrogen and oxygen atoms in total. The first-order valence-electron chi connectivity index (χ1n) is 4.58. The Labute approximate surface area is 97.6 Å². The summed E-state index contributed by atoms with van der Waals surface area (Å²) in [5, 5.41) is 2.06. The van der Waals surface area contributed by atoms with Crippen molar-refractivity contribution in [2.75, 3.05) is 0 Å². The number of rotatable bonds is 2. The number of thioether (sulfide) groups is 2. The van der Waals surface area contributed by atoms with E-state index in [-0.39, 0.29) is 5.78 Å². The van der Waals surface area contributed by atoms with Crippen LogP contribution in [0, 0.1) is 0 Å². The fourth-order valence-corrected chi connectivity index (χ4v) is 3.21. The predicted molar refractivity (Wildman–Crippen MR) is 67.8 cm³/mol. The molecule has 2 rings (SSSR count). The zero-order chi connectivity index (χ0) is 10.7. The van der Waals surface area contributed by atoms with Gasteiger partial charge in [-0.25, -0.2) is 0 Å². The molecule has 1 aliphatic heterocycles. The number of hydrogen-bond donors (Lipinski definition) is 0. The van der Waals surface area contributed by atoms with E-state index in [1.807, 2.05) is 37.3 Å². The van der Waals surface area contributed by atoms with Crippen LogP contribution in [0.5, 0.6) is 0 Å². The second kappa shape index (κ2) is 4.73. The molecule has 0 aromatic heterocycles. The summed E-state index contributed by atoms with van der Waals surface area (Å²) in [5.41, 5.74) is 0.746. The number of carbonyl (C=O) groups is 1. The summed E-state index contributed by atoms with van der Waals surface area (Å²) in [7, 11) is 0. The van der Waals surface area contributed by atoms with Crippen molar-refractivity contribution in [3.8, 4) is 0 Å². The van der Waals surface area contributed by atoms with Gasteiger partial charge in [0.1, 0.15) is 0 Å². The normalized spacial score (nSPS) is 17.9. The minimum absolute atomic E-state index is 0.0775. The lowest BCUT2D eigenvalue weighted by molar-refractivity contribution is 0.104. The van der Waals surface area contributed by atoms with E-state index in [2.05, 4.69) is 5.41 Å². The third-order valence-electron chi connectivity index (χ3n) is 1.91. The topological polar surface area (TPSA) is 17.1 Å². The van der Waals surface area contributed by atoms with Crippen LogP contribution in [0.25, 0.3) is 0 Å². The number of carbonyl (C=O) groups excluding carboxylic acids is 1. The molecule has 0 unspecified atom stereocenters. The molecular weight excluding hydrogens is 224 g/mol. The fourth-order valence-electron chi connectivity index (χ4n) is 1.20. The van der Waals surface area contributed by atoms with Crippen molar-refractivity contribution >= 4 is 29.3 Å². The Hall–Kier alpha value is -0.930. The van der Waals surface area contributed by atoms with Crippen LogP contribution < -0.4 is 0 Å². The molecule has 0 radical (unpaired) electrons. The summed E-state index contributed by atoms with van der Waals surface area (Å²) < 4.78 is 1.06. The van der Waals surface area contributed by atoms with Gasteiger partial charge in [-0.15, -0.1) is 0 Å². The van der Waals surface area contributed by atoms with Crippen LogP contribution in [0.1, 0.15) is 17.3 Å². The lowest BCUT2D eigenvalue weighted by Crippen LogP contribution is -1.93. The largest absolute Gasteiger partial charge is 0.289 e. The highest BCUT2D eigenvalue weighted by Crippen LogP contribution is 2.43. The van der Waals surface area contributed by atoms with Gasteiger partial charge in [-0.3, -0.25) is 4.79 Å². The fraction of sp³-hybridized carbons (Fsp3) is 0.0833. The van der Waals surface area contributed by atoms with Crippen LogP contribution in [-0.4, -0.2) is 5.78 Å². The van der Waals surface area contributed by atoms with Crippen molar-refractivity contribution in [2.45, 2.75) is 6.92 Å². The van der Waals surface area contributed by atoms with Crippen LogP contribution in [0.15, 0.2) is 51.0 Å². The molecule has 0 amide bonds. The van der Waals surface area contributed by atoms with Crippen molar-refractivity contribution in [1.29, 1.82) is 0 Å². The Morgan fingerprint density at radius 2 is 2.00 bits per heavy atom. The van der Waals surface area contributed by atoms with Crippen LogP contribution in [0.3, 0.4) is 0 Å². The molecule has 1 aliphatic rings. The summed E-state index contributed by atoms with van der Waals surface area (Å²) in [5.74, 6) is 0.0775. The van der Waals surface area contributed by atoms with Crippen molar-refractivity contribution in [3.05, 3.63) is 56.5 Å². The standard InChI is InChI=1S/C12H10OS2/c1-9-8-14-12(15-9)7-11(13)10-5-3-2-4-6-10/h2-8H,1H3/b12-7+. The molecule has 1 heterocycles. The van der Waals surface area contributed by atoms with Crippen LogP contribution in [-0.2, 0) is 0 Å². The lowest BCUT2D eigenvalue weighted by atomic mass is 10.1. The van der Waals surface area contributed by atoms with Crippen molar-refractivity contribution in [3.63, 3.8) is 0 Å². The van der Waals surface area contributed by atoms with E-state index in [0.29, 0.717) is 0 Å². The van der Waals surface area contributed by atoms with E-state index in [9.17, 15) is 4.79 Å². The Bertz CT molecular complexity index is 432. The Morgan fingerprint density at radius 3 is 2.60 bits per heavy atom. The van der Waals surface area contributed by atoms with Crippen LogP contribution in [0.4, 0.5) is 0 Å². The molecule has 1 aromatic carbocycles. The van der Waals surface area contributed by atoms with Gasteiger partial charge in [0, 0.05) is 11.6 Å². The maximum atomic E-state index is 11.8. The van der Waals surface area contributed by atoms with E-state index < -0.39 is 0 Å². The molecule has 15 heavy (non-hydrogen) atoms. The quantitative estimate of drug-likeness (QED) is 0.567. The maximum Gasteiger partial charge on any atom is 0.187 e. The van der Waals surface area contributed by atoms with Gasteiger partial charge in [-0.05, 0) is 17.2 Å². The van der Waals surface area contributed by atoms with Gasteiger partial charge < -0.3 is 0 Å². The first-order valence-corrected chi connectivity index (χ1v) is 6.28. The summed E-state index contributed by atoms with van der Waals surface area (Å²) in [6.45, 7) is 2.05. The second-order valence-corrected chi connectivity index (χ2v) is 5.60. The molecule has 0 atom stereocenters. The van der Waals surface area contributed by atoms with E-state index in [4.69, 9.17) is 0 Å². The Kier molecular flexibility index (Phi) is 3.34. The van der Waals surface area contributed by atoms with Gasteiger partial charge >= 0.3 is 0 Å². The molecule has 1 aromatic rings. The van der Waals surface area contributed by atoms with E-state index in [1.165, 1.54) is 4.91 Å². The monoisotopic (exact) mass is 234 g/mol. The average Bonchev–Trinajstić information content (AvgIpc) is 2.65. The molecule has 0 N–H and O–H groups in total. The number of benzene rings is 1. The zero-order valence-electron chi connectivity index (χ0n) is 8.27. The average molecular weight is 234 g/mol. The molecule has 0 bridgehead atoms. The summed E-state index contributed by atoms with van der Waals surface area (Å²) in [4.78, 5) is 13.0. The number of hydrogen-bond acceptors (Lipinski definition) is 3. The van der Waals surface area contributed by atoms with Crippen LogP contribution >= 0.6 is 23.5 Å². The highest BCUT2D eigenvalue weighted by molar-refractivity contribution is 8.28. The minimum atomic E-state index is 0.0775. The number of allylic oxidation sites excluding steroid dienone is 2. The molecule has 3 heteroatoms. The van der Waals surface area contributed by atoms with Crippen molar-refractivity contribution in [2.24, 2.45) is 0 Å². The maximum absolute atomic E-state index is 11.8. The molecule has 0 fully saturated rings. The highest BCUT2D eigenvalue weighted by atomic mass is 32.2. The van der Waals surface area contributed by atoms with Gasteiger partial charge in [0.2, 0.25) is 0 Å². The lowest BCUT2D eigenvalue weighted by Gasteiger charge is -1.96. The third kappa shape index (κ3) is 2.76. The minimum Gasteiger partial charge on any atom is -0.289 e. The predicted octanol–water partition coefficient (Wildman–Crippen LogP) is 4.05. The van der Waals surface area contributed by atoms with Gasteiger partial charge in [0.05, 0.1) is 4.24 Å². The second-order valence-electron chi connectivity index (χ2n) is 3.14. The van der Waals surface area contributed by atoms with E-state index in [0.717, 1.165) is 9.80 Å². The summed E-state index contributed by atoms with van der Waals surface area (Å²) in [6, 6.07) is 9.34. The highest BCUT2D eigenvalue weighted by Gasteiger charge is 2.10. The van der Waals surface area contributed by atoms with Crippen LogP contribution in [0.2, 0.25) is 0 Å². The Morgan fingerprint density at radius 1 is 1.27 bits per heavy atom. The van der Waals surface area contributed by atoms with Gasteiger partial charge in [0.25, 0.3) is 0 Å². The molecule has 0 spiro atoms. The molecular formula is C12H10OS2. The Balaban J connectivity index is 2.11. The number of ketones is 1. The summed E-state index contributed by atoms with van der Waals surface area (Å²) >= 11 is 3.27. The summed E-state index contributed by atoms with van der Waals surface area (Å²) in [6.07, 6.45) is 1.71. The molecule has 0 saturated carbocycles. The molecule has 76 valence electrons. The zero-order valence-corrected chi connectivity index (χ0v) is 9.90. The first-order chi connectivity index (χ1) is 7.25. The van der Waals surface area contributed by atoms with Gasteiger partial charge in [-0.1, -0.05) is 53.9 Å².